The van der Waals surface area contributed by atoms with Gasteiger partial charge in [-0.15, -0.1) is 0 Å². The van der Waals surface area contributed by atoms with Gasteiger partial charge in [-0.05, 0) is 47.8 Å². The summed E-state index contributed by atoms with van der Waals surface area (Å²) in [6.07, 6.45) is 16.1. The van der Waals surface area contributed by atoms with Crippen LogP contribution in [-0.2, 0) is 0 Å². The molecule has 0 spiro atoms. The molecule has 0 bridgehead atoms. The average molecular weight is 351 g/mol. The van der Waals surface area contributed by atoms with E-state index in [9.17, 15) is 0 Å². The first kappa shape index (κ1) is 16.9. The molecule has 0 aromatic rings. The van der Waals surface area contributed by atoms with Crippen molar-refractivity contribution in [3.63, 3.8) is 0 Å². The van der Waals surface area contributed by atoms with E-state index in [0.29, 0.717) is 0 Å². The van der Waals surface area contributed by atoms with Gasteiger partial charge in [-0.1, -0.05) is 77.4 Å². The summed E-state index contributed by atoms with van der Waals surface area (Å²) in [5.74, 6) is 0. The van der Waals surface area contributed by atoms with E-state index < -0.39 is 0 Å². The Morgan fingerprint density at radius 1 is 1.00 bits per heavy atom. The van der Waals surface area contributed by atoms with Crippen LogP contribution in [-0.4, -0.2) is 0 Å². The highest BCUT2D eigenvalue weighted by Gasteiger charge is 2.12. The van der Waals surface area contributed by atoms with E-state index in [0.717, 1.165) is 6.42 Å². The molecule has 21 heavy (non-hydrogen) atoms. The first-order chi connectivity index (χ1) is 10.3. The Kier molecular flexibility index (Phi) is 7.72. The SMILES string of the molecule is C/C=C/C=C(/C=C/C)CC1=CS/C(=C/C=C2SC=CS2)S1. The van der Waals surface area contributed by atoms with Gasteiger partial charge in [0.15, 0.2) is 0 Å². The fourth-order valence-electron chi connectivity index (χ4n) is 1.69. The monoisotopic (exact) mass is 350 g/mol. The fraction of sp³-hybridized carbons (Fsp3) is 0.176. The highest BCUT2D eigenvalue weighted by Crippen LogP contribution is 2.46. The van der Waals surface area contributed by atoms with Gasteiger partial charge < -0.3 is 0 Å². The van der Waals surface area contributed by atoms with E-state index in [1.807, 2.05) is 30.4 Å². The van der Waals surface area contributed by atoms with Gasteiger partial charge in [0, 0.05) is 19.8 Å². The summed E-state index contributed by atoms with van der Waals surface area (Å²) in [6, 6.07) is 0. The summed E-state index contributed by atoms with van der Waals surface area (Å²) < 4.78 is 2.70. The molecular weight excluding hydrogens is 332 g/mol. The van der Waals surface area contributed by atoms with Crippen molar-refractivity contribution in [2.45, 2.75) is 20.3 Å². The summed E-state index contributed by atoms with van der Waals surface area (Å²) in [5, 5.41) is 6.53. The summed E-state index contributed by atoms with van der Waals surface area (Å²) in [5.41, 5.74) is 1.35. The molecule has 4 heteroatoms. The van der Waals surface area contributed by atoms with Gasteiger partial charge in [-0.2, -0.15) is 0 Å². The van der Waals surface area contributed by atoms with Gasteiger partial charge in [-0.3, -0.25) is 0 Å². The molecule has 110 valence electrons. The maximum atomic E-state index is 2.27. The number of hydrogen-bond acceptors (Lipinski definition) is 4. The Morgan fingerprint density at radius 2 is 1.76 bits per heavy atom. The van der Waals surface area contributed by atoms with Crippen molar-refractivity contribution < 1.29 is 0 Å². The number of thioether (sulfide) groups is 4. The van der Waals surface area contributed by atoms with Gasteiger partial charge in [0.2, 0.25) is 0 Å². The topological polar surface area (TPSA) is 0 Å². The molecule has 0 nitrogen and oxygen atoms in total. The molecule has 0 radical (unpaired) electrons. The zero-order valence-corrected chi connectivity index (χ0v) is 15.4. The molecule has 0 unspecified atom stereocenters. The van der Waals surface area contributed by atoms with Crippen molar-refractivity contribution in [2.24, 2.45) is 0 Å². The van der Waals surface area contributed by atoms with Crippen LogP contribution in [0.5, 0.6) is 0 Å². The molecule has 0 aromatic carbocycles. The minimum atomic E-state index is 1.01. The molecule has 0 atom stereocenters. The third-order valence-electron chi connectivity index (χ3n) is 2.58. The fourth-order valence-corrected chi connectivity index (χ4v) is 5.36. The molecule has 0 amide bonds. The standard InChI is InChI=1S/C17H18S4/c1-3-5-7-14(6-4-2)12-15-13-20-17(21-15)9-8-16-18-10-11-19-16/h3-11,13H,12H2,1-2H3/b5-3+,6-4+,14-7-,17-9-. The molecule has 2 aliphatic rings. The predicted octanol–water partition coefficient (Wildman–Crippen LogP) is 7.41. The van der Waals surface area contributed by atoms with E-state index in [2.05, 4.69) is 65.7 Å². The normalized spacial score (nSPS) is 21.2. The molecule has 2 aliphatic heterocycles. The van der Waals surface area contributed by atoms with Gasteiger partial charge >= 0.3 is 0 Å². The lowest BCUT2D eigenvalue weighted by molar-refractivity contribution is 1.26. The molecule has 2 heterocycles. The number of rotatable bonds is 5. The minimum absolute atomic E-state index is 1.01. The molecule has 0 saturated heterocycles. The smallest absolute Gasteiger partial charge is 0.0490 e. The second kappa shape index (κ2) is 9.57. The van der Waals surface area contributed by atoms with Gasteiger partial charge in [-0.25, -0.2) is 0 Å². The van der Waals surface area contributed by atoms with Gasteiger partial charge in [0.05, 0.1) is 0 Å². The maximum Gasteiger partial charge on any atom is 0.0490 e. The van der Waals surface area contributed by atoms with Crippen molar-refractivity contribution in [2.75, 3.05) is 0 Å². The molecule has 0 saturated carbocycles. The lowest BCUT2D eigenvalue weighted by Crippen LogP contribution is -1.79. The average Bonchev–Trinajstić information content (AvgIpc) is 3.14. The van der Waals surface area contributed by atoms with Crippen LogP contribution in [0.3, 0.4) is 0 Å². The number of allylic oxidation sites excluding steroid dienone is 9. The second-order valence-electron chi connectivity index (χ2n) is 4.23. The van der Waals surface area contributed by atoms with Crippen LogP contribution in [0.1, 0.15) is 20.3 Å². The Hall–Kier alpha value is -0.420. The van der Waals surface area contributed by atoms with Crippen molar-refractivity contribution >= 4 is 47.0 Å². The van der Waals surface area contributed by atoms with Crippen LogP contribution in [0.25, 0.3) is 0 Å². The Morgan fingerprint density at radius 3 is 2.48 bits per heavy atom. The van der Waals surface area contributed by atoms with E-state index in [4.69, 9.17) is 0 Å². The van der Waals surface area contributed by atoms with Gasteiger partial charge in [0.25, 0.3) is 0 Å². The summed E-state index contributed by atoms with van der Waals surface area (Å²) in [6.45, 7) is 4.11. The summed E-state index contributed by atoms with van der Waals surface area (Å²) >= 11 is 7.29. The Labute approximate surface area is 144 Å². The van der Waals surface area contributed by atoms with Crippen LogP contribution in [0.4, 0.5) is 0 Å². The van der Waals surface area contributed by atoms with Crippen molar-refractivity contribution in [1.29, 1.82) is 0 Å². The number of hydrogen-bond donors (Lipinski definition) is 0. The van der Waals surface area contributed by atoms with E-state index >= 15 is 0 Å². The van der Waals surface area contributed by atoms with E-state index in [1.165, 1.54) is 19.0 Å². The summed E-state index contributed by atoms with van der Waals surface area (Å²) in [4.78, 5) is 1.42. The Bertz CT molecular complexity index is 562. The van der Waals surface area contributed by atoms with Crippen LogP contribution >= 0.6 is 47.0 Å². The van der Waals surface area contributed by atoms with Crippen molar-refractivity contribution in [3.05, 3.63) is 77.7 Å². The lowest BCUT2D eigenvalue weighted by Gasteiger charge is -2.02. The van der Waals surface area contributed by atoms with Crippen LogP contribution < -0.4 is 0 Å². The van der Waals surface area contributed by atoms with E-state index in [-0.39, 0.29) is 0 Å². The zero-order chi connectivity index (χ0) is 14.9. The van der Waals surface area contributed by atoms with Gasteiger partial charge in [0.1, 0.15) is 0 Å². The molecule has 0 aliphatic carbocycles. The largest absolute Gasteiger partial charge is 0.0902 e. The first-order valence-electron chi connectivity index (χ1n) is 6.70. The highest BCUT2D eigenvalue weighted by atomic mass is 32.2. The highest BCUT2D eigenvalue weighted by molar-refractivity contribution is 8.28. The Balaban J connectivity index is 1.92. The van der Waals surface area contributed by atoms with E-state index in [1.54, 1.807) is 23.5 Å². The molecule has 2 rings (SSSR count). The quantitative estimate of drug-likeness (QED) is 0.473. The molecular formula is C17H18S4. The lowest BCUT2D eigenvalue weighted by atomic mass is 10.1. The zero-order valence-electron chi connectivity index (χ0n) is 12.1. The third-order valence-corrected chi connectivity index (χ3v) is 6.93. The van der Waals surface area contributed by atoms with Crippen LogP contribution in [0.2, 0.25) is 0 Å². The van der Waals surface area contributed by atoms with Crippen LogP contribution in [0.15, 0.2) is 77.7 Å². The first-order valence-corrected chi connectivity index (χ1v) is 10.2. The summed E-state index contributed by atoms with van der Waals surface area (Å²) in [7, 11) is 0. The predicted molar refractivity (Wildman–Crippen MR) is 106 cm³/mol. The molecule has 0 N–H and O–H groups in total. The van der Waals surface area contributed by atoms with Crippen molar-refractivity contribution in [1.82, 2.24) is 0 Å². The molecule has 0 fully saturated rings. The van der Waals surface area contributed by atoms with Crippen LogP contribution in [0, 0.1) is 0 Å². The molecule has 0 aromatic heterocycles. The van der Waals surface area contributed by atoms with Crippen molar-refractivity contribution in [3.8, 4) is 0 Å². The maximum absolute atomic E-state index is 2.27. The second-order valence-corrected chi connectivity index (χ2v) is 8.72. The minimum Gasteiger partial charge on any atom is -0.0902 e. The third kappa shape index (κ3) is 6.07.